The van der Waals surface area contributed by atoms with E-state index < -0.39 is 53.5 Å². The molecule has 0 spiro atoms. The molecule has 1 aliphatic heterocycles. The second-order valence-electron chi connectivity index (χ2n) is 15.7. The molecule has 3 rings (SSSR count). The summed E-state index contributed by atoms with van der Waals surface area (Å²) >= 11 is 0. The average molecular weight is 745 g/mol. The number of amides is 5. The van der Waals surface area contributed by atoms with Gasteiger partial charge in [-0.15, -0.1) is 0 Å². The Bertz CT molecular complexity index is 1320. The number of hydrogen-bond donors (Lipinski definition) is 5. The fourth-order valence-corrected chi connectivity index (χ4v) is 7.16. The Morgan fingerprint density at radius 1 is 0.830 bits per heavy atom. The molecule has 13 heteroatoms. The Balaban J connectivity index is 1.66. The number of carbonyl (C=O) groups is 5. The summed E-state index contributed by atoms with van der Waals surface area (Å²) in [5.41, 5.74) is 5.51. The lowest BCUT2D eigenvalue weighted by Crippen LogP contribution is -2.59. The van der Waals surface area contributed by atoms with Crippen molar-refractivity contribution in [3.63, 3.8) is 0 Å². The number of rotatable bonds is 20. The van der Waals surface area contributed by atoms with Crippen molar-refractivity contribution in [3.8, 4) is 0 Å². The molecule has 1 saturated heterocycles. The lowest BCUT2D eigenvalue weighted by molar-refractivity contribution is -0.143. The van der Waals surface area contributed by atoms with Crippen molar-refractivity contribution in [2.45, 2.75) is 160 Å². The van der Waals surface area contributed by atoms with E-state index in [2.05, 4.69) is 21.3 Å². The van der Waals surface area contributed by atoms with Crippen LogP contribution in [-0.4, -0.2) is 84.0 Å². The number of carbonyl (C=O) groups excluding carboxylic acids is 5. The van der Waals surface area contributed by atoms with Gasteiger partial charge in [0.05, 0.1) is 0 Å². The van der Waals surface area contributed by atoms with Crippen molar-refractivity contribution in [1.29, 1.82) is 0 Å². The highest BCUT2D eigenvalue weighted by Crippen LogP contribution is 2.29. The van der Waals surface area contributed by atoms with E-state index in [1.54, 1.807) is 32.9 Å². The Morgan fingerprint density at radius 3 is 2.08 bits per heavy atom. The predicted octanol–water partition coefficient (Wildman–Crippen LogP) is 5.02. The smallest absolute Gasteiger partial charge is 0.408 e. The minimum absolute atomic E-state index is 0.119. The van der Waals surface area contributed by atoms with Gasteiger partial charge in [0.15, 0.2) is 0 Å². The largest absolute Gasteiger partial charge is 0.444 e. The Morgan fingerprint density at radius 2 is 1.45 bits per heavy atom. The highest BCUT2D eigenvalue weighted by Gasteiger charge is 2.42. The molecule has 2 aliphatic rings. The van der Waals surface area contributed by atoms with E-state index in [-0.39, 0.29) is 24.2 Å². The number of nitrogens with two attached hydrogens (primary N) is 1. The first-order chi connectivity index (χ1) is 25.3. The highest BCUT2D eigenvalue weighted by molar-refractivity contribution is 5.95. The summed E-state index contributed by atoms with van der Waals surface area (Å²) in [5, 5.41) is 11.3. The van der Waals surface area contributed by atoms with Crippen molar-refractivity contribution in [3.05, 3.63) is 35.6 Å². The third-order valence-corrected chi connectivity index (χ3v) is 10.1. The second kappa shape index (κ2) is 22.5. The molecule has 1 aromatic carbocycles. The summed E-state index contributed by atoms with van der Waals surface area (Å²) in [7, 11) is 0. The number of benzene rings is 1. The molecule has 5 amide bonds. The molecule has 1 aliphatic carbocycles. The van der Waals surface area contributed by atoms with Crippen LogP contribution in [0, 0.1) is 11.7 Å². The molecule has 6 N–H and O–H groups in total. The predicted molar refractivity (Wildman–Crippen MR) is 203 cm³/mol. The number of likely N-dealkylation sites (tertiary alicyclic amines) is 1. The van der Waals surface area contributed by atoms with Gasteiger partial charge in [-0.05, 0) is 96.4 Å². The zero-order valence-corrected chi connectivity index (χ0v) is 32.5. The molecule has 0 unspecified atom stereocenters. The monoisotopic (exact) mass is 744 g/mol. The molecule has 2 fully saturated rings. The zero-order valence-electron chi connectivity index (χ0n) is 32.5. The number of ether oxygens (including phenoxy) is 1. The Hall–Kier alpha value is -3.74. The lowest BCUT2D eigenvalue weighted by Gasteiger charge is -2.35. The first-order valence-electron chi connectivity index (χ1n) is 19.9. The topological polar surface area (TPSA) is 172 Å². The molecule has 0 aromatic heterocycles. The van der Waals surface area contributed by atoms with Crippen LogP contribution in [0.5, 0.6) is 0 Å². The average Bonchev–Trinajstić information content (AvgIpc) is 3.61. The normalized spacial score (nSPS) is 18.1. The summed E-state index contributed by atoms with van der Waals surface area (Å²) < 4.78 is 19.0. The number of unbranched alkanes of at least 4 members (excludes halogenated alkanes) is 7. The van der Waals surface area contributed by atoms with Gasteiger partial charge in [0.25, 0.3) is 0 Å². The standard InChI is InChI=1S/C40H65FN6O6/c1-28(44-39(52)53-40(2,3)4)35(48)46-34(30-17-12-11-13-18-30)38(51)47-26-16-19-33(47)37(50)45-32(27-29-20-22-31(41)23-21-29)36(49)43-25-15-10-8-6-5-7-9-14-24-42/h20-23,28,30,32-34H,5-19,24-27,42H2,1-4H3,(H,43,49)(H,44,52)(H,45,50)(H,46,48)/t28-,32-,33-,34-/m0/s1. The zero-order chi connectivity index (χ0) is 38.8. The van der Waals surface area contributed by atoms with Crippen LogP contribution >= 0.6 is 0 Å². The molecule has 4 atom stereocenters. The SMILES string of the molecule is C[C@H](NC(=O)OC(C)(C)C)C(=O)N[C@H](C(=O)N1CCC[C@H]1C(=O)N[C@@H](Cc1ccc(F)cc1)C(=O)NCCCCCCCCCCN)C1CCCCC1. The van der Waals surface area contributed by atoms with Crippen LogP contribution in [0.25, 0.3) is 0 Å². The molecular formula is C40H65FN6O6. The fourth-order valence-electron chi connectivity index (χ4n) is 7.16. The van der Waals surface area contributed by atoms with Crippen molar-refractivity contribution in [1.82, 2.24) is 26.2 Å². The van der Waals surface area contributed by atoms with Gasteiger partial charge >= 0.3 is 6.09 Å². The van der Waals surface area contributed by atoms with E-state index in [0.29, 0.717) is 31.5 Å². The summed E-state index contributed by atoms with van der Waals surface area (Å²) in [4.78, 5) is 68.9. The number of hydrogen-bond acceptors (Lipinski definition) is 7. The van der Waals surface area contributed by atoms with Gasteiger partial charge in [-0.25, -0.2) is 9.18 Å². The summed E-state index contributed by atoms with van der Waals surface area (Å²) in [6.45, 7) is 8.26. The Labute approximate surface area is 315 Å². The summed E-state index contributed by atoms with van der Waals surface area (Å²) in [5.74, 6) is -2.15. The minimum Gasteiger partial charge on any atom is -0.444 e. The van der Waals surface area contributed by atoms with E-state index in [0.717, 1.165) is 77.2 Å². The van der Waals surface area contributed by atoms with E-state index in [1.807, 2.05) is 0 Å². The van der Waals surface area contributed by atoms with E-state index in [4.69, 9.17) is 10.5 Å². The van der Waals surface area contributed by atoms with Crippen LogP contribution in [0.15, 0.2) is 24.3 Å². The van der Waals surface area contributed by atoms with Crippen LogP contribution in [0.1, 0.15) is 130 Å². The Kier molecular flexibility index (Phi) is 18.5. The van der Waals surface area contributed by atoms with E-state index in [1.165, 1.54) is 36.8 Å². The fraction of sp³-hybridized carbons (Fsp3) is 0.725. The minimum atomic E-state index is -0.960. The first kappa shape index (κ1) is 43.7. The highest BCUT2D eigenvalue weighted by atomic mass is 19.1. The van der Waals surface area contributed by atoms with Crippen molar-refractivity contribution >= 4 is 29.7 Å². The maximum atomic E-state index is 14.3. The van der Waals surface area contributed by atoms with Crippen LogP contribution < -0.4 is 27.0 Å². The van der Waals surface area contributed by atoms with Gasteiger partial charge in [0.2, 0.25) is 23.6 Å². The molecule has 0 radical (unpaired) electrons. The summed E-state index contributed by atoms with van der Waals surface area (Å²) in [6.07, 6.45) is 13.4. The van der Waals surface area contributed by atoms with Crippen LogP contribution in [-0.2, 0) is 30.3 Å². The van der Waals surface area contributed by atoms with Crippen LogP contribution in [0.4, 0.5) is 9.18 Å². The molecule has 298 valence electrons. The van der Waals surface area contributed by atoms with Crippen molar-refractivity contribution in [2.75, 3.05) is 19.6 Å². The second-order valence-corrected chi connectivity index (χ2v) is 15.7. The van der Waals surface area contributed by atoms with E-state index >= 15 is 0 Å². The number of alkyl carbamates (subject to hydrolysis) is 1. The molecule has 53 heavy (non-hydrogen) atoms. The molecule has 12 nitrogen and oxygen atoms in total. The lowest BCUT2D eigenvalue weighted by atomic mass is 9.83. The van der Waals surface area contributed by atoms with Gasteiger partial charge in [-0.1, -0.05) is 69.9 Å². The maximum absolute atomic E-state index is 14.3. The van der Waals surface area contributed by atoms with Gasteiger partial charge < -0.3 is 36.6 Å². The number of nitrogens with zero attached hydrogens (tertiary/aromatic N) is 1. The molecular weight excluding hydrogens is 679 g/mol. The van der Waals surface area contributed by atoms with Gasteiger partial charge in [0.1, 0.15) is 35.6 Å². The van der Waals surface area contributed by atoms with Crippen LogP contribution in [0.2, 0.25) is 0 Å². The molecule has 1 saturated carbocycles. The third kappa shape index (κ3) is 15.6. The van der Waals surface area contributed by atoms with Crippen LogP contribution in [0.3, 0.4) is 0 Å². The summed E-state index contributed by atoms with van der Waals surface area (Å²) in [6, 6.07) is 2.25. The van der Waals surface area contributed by atoms with Gasteiger partial charge in [-0.3, -0.25) is 19.2 Å². The third-order valence-electron chi connectivity index (χ3n) is 10.1. The van der Waals surface area contributed by atoms with Gasteiger partial charge in [-0.2, -0.15) is 0 Å². The maximum Gasteiger partial charge on any atom is 0.408 e. The number of nitrogens with one attached hydrogen (secondary N) is 4. The van der Waals surface area contributed by atoms with Gasteiger partial charge in [0, 0.05) is 19.5 Å². The van der Waals surface area contributed by atoms with E-state index in [9.17, 15) is 28.4 Å². The molecule has 0 bridgehead atoms. The first-order valence-corrected chi connectivity index (χ1v) is 19.9. The molecule has 1 heterocycles. The quantitative estimate of drug-likeness (QED) is 0.117. The van der Waals surface area contributed by atoms with Crippen molar-refractivity contribution < 1.29 is 33.1 Å². The molecule has 1 aromatic rings. The number of halogens is 1. The van der Waals surface area contributed by atoms with Crippen molar-refractivity contribution in [2.24, 2.45) is 11.7 Å².